The van der Waals surface area contributed by atoms with E-state index in [4.69, 9.17) is 9.84 Å². The molecule has 0 heterocycles. The van der Waals surface area contributed by atoms with Crippen LogP contribution in [0.5, 0.6) is 0 Å². The summed E-state index contributed by atoms with van der Waals surface area (Å²) < 4.78 is 5.46. The zero-order chi connectivity index (χ0) is 21.0. The summed E-state index contributed by atoms with van der Waals surface area (Å²) in [5, 5.41) is 19.1. The quantitative estimate of drug-likeness (QED) is 0.163. The zero-order valence-corrected chi connectivity index (χ0v) is 18.0. The first-order valence-corrected chi connectivity index (χ1v) is 11.3. The lowest BCUT2D eigenvalue weighted by atomic mass is 10.0. The highest BCUT2D eigenvalue weighted by Crippen LogP contribution is 2.16. The number of unbranched alkanes of at least 4 members (excludes halogenated alkanes) is 8. The maximum Gasteiger partial charge on any atom is 0.306 e. The smallest absolute Gasteiger partial charge is 0.306 e. The van der Waals surface area contributed by atoms with Crippen molar-refractivity contribution >= 4 is 11.9 Å². The molecule has 0 aromatic heterocycles. The third-order valence-corrected chi connectivity index (χ3v) is 4.84. The minimum atomic E-state index is -0.914. The molecule has 5 nitrogen and oxygen atoms in total. The summed E-state index contributed by atoms with van der Waals surface area (Å²) in [5.74, 6) is -1.33. The minimum Gasteiger partial charge on any atom is -0.481 e. The van der Waals surface area contributed by atoms with Gasteiger partial charge < -0.3 is 14.9 Å². The van der Waals surface area contributed by atoms with Crippen molar-refractivity contribution in [2.24, 2.45) is 0 Å². The highest BCUT2D eigenvalue weighted by molar-refractivity contribution is 5.71. The highest BCUT2D eigenvalue weighted by atomic mass is 16.6. The molecule has 0 saturated heterocycles. The first-order chi connectivity index (χ1) is 13.5. The number of allylic oxidation sites excluding steroid dienone is 1. The fourth-order valence-corrected chi connectivity index (χ4v) is 3.08. The predicted molar refractivity (Wildman–Crippen MR) is 113 cm³/mol. The minimum absolute atomic E-state index is 0.0423. The number of hydrogen-bond acceptors (Lipinski definition) is 4. The number of carboxylic acid groups (broad SMARTS) is 1. The molecule has 0 fully saturated rings. The van der Waals surface area contributed by atoms with Gasteiger partial charge in [0.05, 0.1) is 6.10 Å². The van der Waals surface area contributed by atoms with Gasteiger partial charge in [0.2, 0.25) is 0 Å². The van der Waals surface area contributed by atoms with Crippen LogP contribution in [0, 0.1) is 0 Å². The van der Waals surface area contributed by atoms with E-state index in [1.54, 1.807) is 0 Å². The monoisotopic (exact) mass is 398 g/mol. The Kier molecular flexibility index (Phi) is 18.1. The van der Waals surface area contributed by atoms with Gasteiger partial charge in [-0.15, -0.1) is 0 Å². The summed E-state index contributed by atoms with van der Waals surface area (Å²) in [7, 11) is 0. The average Bonchev–Trinajstić information content (AvgIpc) is 2.65. The molecule has 0 amide bonds. The lowest BCUT2D eigenvalue weighted by Gasteiger charge is -2.22. The maximum atomic E-state index is 12.0. The van der Waals surface area contributed by atoms with E-state index in [0.717, 1.165) is 25.7 Å². The molecule has 2 unspecified atom stereocenters. The summed E-state index contributed by atoms with van der Waals surface area (Å²) in [4.78, 5) is 22.5. The second kappa shape index (κ2) is 19.0. The Bertz CT molecular complexity index is 419. The average molecular weight is 399 g/mol. The molecule has 5 heteroatoms. The predicted octanol–water partition coefficient (Wildman–Crippen LogP) is 5.79. The molecule has 0 saturated carbocycles. The lowest BCUT2D eigenvalue weighted by molar-refractivity contribution is -0.155. The summed E-state index contributed by atoms with van der Waals surface area (Å²) in [6, 6.07) is 0. The number of esters is 1. The van der Waals surface area contributed by atoms with Crippen LogP contribution in [0.25, 0.3) is 0 Å². The highest BCUT2D eigenvalue weighted by Gasteiger charge is 2.22. The molecule has 28 heavy (non-hydrogen) atoms. The van der Waals surface area contributed by atoms with E-state index in [-0.39, 0.29) is 19.3 Å². The van der Waals surface area contributed by atoms with Crippen molar-refractivity contribution in [3.63, 3.8) is 0 Å². The van der Waals surface area contributed by atoms with Crippen LogP contribution in [0.1, 0.15) is 110 Å². The van der Waals surface area contributed by atoms with Crippen LogP contribution in [-0.2, 0) is 14.3 Å². The normalized spacial score (nSPS) is 13.5. The number of aliphatic carboxylic acids is 1. The van der Waals surface area contributed by atoms with Crippen LogP contribution in [0.15, 0.2) is 12.2 Å². The maximum absolute atomic E-state index is 12.0. The van der Waals surface area contributed by atoms with Crippen LogP contribution in [0.3, 0.4) is 0 Å². The fraction of sp³-hybridized carbons (Fsp3) is 0.826. The van der Waals surface area contributed by atoms with Gasteiger partial charge in [-0.05, 0) is 38.5 Å². The first kappa shape index (κ1) is 26.6. The summed E-state index contributed by atoms with van der Waals surface area (Å²) in [5.41, 5.74) is 0. The Balaban J connectivity index is 4.21. The van der Waals surface area contributed by atoms with Crippen molar-refractivity contribution in [1.82, 2.24) is 0 Å². The molecule has 164 valence electrons. The van der Waals surface area contributed by atoms with Gasteiger partial charge in [0.15, 0.2) is 0 Å². The van der Waals surface area contributed by atoms with Crippen LogP contribution >= 0.6 is 0 Å². The number of hydrogen-bond donors (Lipinski definition) is 2. The van der Waals surface area contributed by atoms with Gasteiger partial charge in [-0.25, -0.2) is 0 Å². The molecule has 0 bridgehead atoms. The van der Waals surface area contributed by atoms with Crippen LogP contribution in [0.2, 0.25) is 0 Å². The van der Waals surface area contributed by atoms with Crippen molar-refractivity contribution in [1.29, 1.82) is 0 Å². The van der Waals surface area contributed by atoms with E-state index in [2.05, 4.69) is 19.9 Å². The Labute approximate surface area is 171 Å². The first-order valence-electron chi connectivity index (χ1n) is 11.3. The molecule has 2 atom stereocenters. The number of carboxylic acids is 1. The van der Waals surface area contributed by atoms with Crippen molar-refractivity contribution in [2.45, 2.75) is 122 Å². The Hall–Kier alpha value is -1.36. The molecule has 0 aliphatic carbocycles. The molecular weight excluding hydrogens is 356 g/mol. The zero-order valence-electron chi connectivity index (χ0n) is 18.0. The molecule has 0 aromatic rings. The molecule has 0 spiro atoms. The molecular formula is C23H42O5. The van der Waals surface area contributed by atoms with Crippen LogP contribution < -0.4 is 0 Å². The fourth-order valence-electron chi connectivity index (χ4n) is 3.08. The van der Waals surface area contributed by atoms with Crippen molar-refractivity contribution in [3.8, 4) is 0 Å². The topological polar surface area (TPSA) is 83.8 Å². The summed E-state index contributed by atoms with van der Waals surface area (Å²) in [6.45, 7) is 4.32. The Morgan fingerprint density at radius 3 is 2.18 bits per heavy atom. The van der Waals surface area contributed by atoms with Gasteiger partial charge in [0, 0.05) is 12.8 Å². The van der Waals surface area contributed by atoms with Crippen LogP contribution in [0.4, 0.5) is 0 Å². The summed E-state index contributed by atoms with van der Waals surface area (Å²) >= 11 is 0. The Morgan fingerprint density at radius 2 is 1.50 bits per heavy atom. The van der Waals surface area contributed by atoms with E-state index in [0.29, 0.717) is 12.8 Å². The number of carbonyl (C=O) groups excluding carboxylic acids is 1. The van der Waals surface area contributed by atoms with Gasteiger partial charge in [-0.2, -0.15) is 0 Å². The van der Waals surface area contributed by atoms with Crippen LogP contribution in [-0.4, -0.2) is 34.4 Å². The number of aliphatic hydroxyl groups is 1. The summed E-state index contributed by atoms with van der Waals surface area (Å²) in [6.07, 6.45) is 16.0. The van der Waals surface area contributed by atoms with E-state index < -0.39 is 24.1 Å². The van der Waals surface area contributed by atoms with Gasteiger partial charge in [-0.3, -0.25) is 9.59 Å². The van der Waals surface area contributed by atoms with Gasteiger partial charge in [0.25, 0.3) is 0 Å². The van der Waals surface area contributed by atoms with Gasteiger partial charge in [0.1, 0.15) is 6.10 Å². The molecule has 0 aliphatic heterocycles. The second-order valence-corrected chi connectivity index (χ2v) is 7.60. The van der Waals surface area contributed by atoms with Crippen molar-refractivity contribution in [3.05, 3.63) is 12.2 Å². The SMILES string of the molecule is CCCCCCCC/C=C\CC(O)C(CCCCC)OC(=O)CCCC(=O)O. The standard InChI is InChI=1S/C23H42O5/c1-3-5-7-8-9-10-11-12-14-16-20(24)21(17-13-6-4-2)28-23(27)19-15-18-22(25)26/h12,14,20-21,24H,3-11,13,15-19H2,1-2H3,(H,25,26)/b14-12-. The van der Waals surface area contributed by atoms with Gasteiger partial charge >= 0.3 is 11.9 Å². The Morgan fingerprint density at radius 1 is 0.857 bits per heavy atom. The number of carbonyl (C=O) groups is 2. The lowest BCUT2D eigenvalue weighted by Crippen LogP contribution is -2.31. The molecule has 0 aromatic carbocycles. The number of ether oxygens (including phenoxy) is 1. The van der Waals surface area contributed by atoms with Crippen molar-refractivity contribution < 1.29 is 24.5 Å². The number of aliphatic hydroxyl groups excluding tert-OH is 1. The number of rotatable bonds is 19. The third kappa shape index (κ3) is 16.8. The molecule has 0 radical (unpaired) electrons. The van der Waals surface area contributed by atoms with Gasteiger partial charge in [-0.1, -0.05) is 70.9 Å². The van der Waals surface area contributed by atoms with E-state index in [1.165, 1.54) is 38.5 Å². The molecule has 0 rings (SSSR count). The van der Waals surface area contributed by atoms with E-state index in [9.17, 15) is 14.7 Å². The molecule has 0 aliphatic rings. The van der Waals surface area contributed by atoms with E-state index >= 15 is 0 Å². The second-order valence-electron chi connectivity index (χ2n) is 7.60. The van der Waals surface area contributed by atoms with Crippen molar-refractivity contribution in [2.75, 3.05) is 0 Å². The molecule has 2 N–H and O–H groups in total. The largest absolute Gasteiger partial charge is 0.481 e. The van der Waals surface area contributed by atoms with E-state index in [1.807, 2.05) is 6.08 Å². The third-order valence-electron chi connectivity index (χ3n) is 4.84.